The molecule has 1 aliphatic carbocycles. The van der Waals surface area contributed by atoms with Gasteiger partial charge in [0.25, 0.3) is 5.91 Å². The summed E-state index contributed by atoms with van der Waals surface area (Å²) in [5.41, 5.74) is 2.82. The van der Waals surface area contributed by atoms with Crippen LogP contribution in [0.15, 0.2) is 48.7 Å². The van der Waals surface area contributed by atoms with Crippen LogP contribution >= 0.6 is 34.8 Å². The Labute approximate surface area is 194 Å². The number of aliphatic hydroxyl groups is 1. The van der Waals surface area contributed by atoms with Crippen molar-refractivity contribution in [3.63, 3.8) is 0 Å². The molecule has 1 N–H and O–H groups in total. The number of carbonyl (C=O) groups is 1. The Bertz CT molecular complexity index is 1160. The summed E-state index contributed by atoms with van der Waals surface area (Å²) in [6.45, 7) is 1.45. The molecule has 2 fully saturated rings. The van der Waals surface area contributed by atoms with Crippen LogP contribution < -0.4 is 0 Å². The first-order valence-electron chi connectivity index (χ1n) is 9.95. The van der Waals surface area contributed by atoms with E-state index in [0.717, 1.165) is 11.1 Å². The molecular formula is C23H18Cl3N3O2. The van der Waals surface area contributed by atoms with Gasteiger partial charge in [-0.15, -0.1) is 0 Å². The zero-order valence-corrected chi connectivity index (χ0v) is 18.6. The minimum absolute atomic E-state index is 0.126. The molecule has 31 heavy (non-hydrogen) atoms. The van der Waals surface area contributed by atoms with Gasteiger partial charge in [-0.1, -0.05) is 46.9 Å². The summed E-state index contributed by atoms with van der Waals surface area (Å²) in [5.74, 6) is 0.999. The van der Waals surface area contributed by atoms with Gasteiger partial charge in [-0.25, -0.2) is 9.97 Å². The van der Waals surface area contributed by atoms with Gasteiger partial charge in [-0.05, 0) is 53.6 Å². The number of benzene rings is 2. The molecule has 1 amide bonds. The largest absolute Gasteiger partial charge is 0.396 e. The third-order valence-electron chi connectivity index (χ3n) is 6.19. The number of hydrogen-bond donors (Lipinski definition) is 1. The molecule has 2 unspecified atom stereocenters. The smallest absolute Gasteiger partial charge is 0.291 e. The Balaban J connectivity index is 1.54. The lowest BCUT2D eigenvalue weighted by atomic mass is 10.0. The van der Waals surface area contributed by atoms with Crippen molar-refractivity contribution >= 4 is 40.7 Å². The number of likely N-dealkylation sites (tertiary alicyclic amines) is 1. The van der Waals surface area contributed by atoms with Gasteiger partial charge in [0.2, 0.25) is 5.82 Å². The molecule has 2 atom stereocenters. The van der Waals surface area contributed by atoms with Crippen LogP contribution in [0.4, 0.5) is 0 Å². The Morgan fingerprint density at radius 2 is 1.68 bits per heavy atom. The van der Waals surface area contributed by atoms with Gasteiger partial charge in [-0.2, -0.15) is 0 Å². The Morgan fingerprint density at radius 3 is 2.32 bits per heavy atom. The molecule has 1 aliphatic heterocycles. The van der Waals surface area contributed by atoms with Crippen molar-refractivity contribution in [2.75, 3.05) is 19.7 Å². The molecule has 2 heterocycles. The predicted molar refractivity (Wildman–Crippen MR) is 121 cm³/mol. The SMILES string of the molecule is O=C(c1ncc(-c2ccc(Cl)cc2)c(-c2ccc(Cl)cc2Cl)n1)N1CC2C(CO)C2C1. The molecule has 8 heteroatoms. The number of halogens is 3. The van der Waals surface area contributed by atoms with E-state index in [4.69, 9.17) is 34.8 Å². The molecule has 158 valence electrons. The van der Waals surface area contributed by atoms with Gasteiger partial charge in [0.1, 0.15) is 0 Å². The third kappa shape index (κ3) is 3.80. The summed E-state index contributed by atoms with van der Waals surface area (Å²) in [6.07, 6.45) is 1.65. The number of fused-ring (bicyclic) bond motifs is 1. The number of rotatable bonds is 4. The fourth-order valence-corrected chi connectivity index (χ4v) is 5.06. The number of carbonyl (C=O) groups excluding carboxylic acids is 1. The van der Waals surface area contributed by atoms with Crippen molar-refractivity contribution in [1.82, 2.24) is 14.9 Å². The quantitative estimate of drug-likeness (QED) is 0.572. The van der Waals surface area contributed by atoms with Crippen molar-refractivity contribution in [2.45, 2.75) is 0 Å². The topological polar surface area (TPSA) is 66.3 Å². The van der Waals surface area contributed by atoms with Crippen LogP contribution in [0.25, 0.3) is 22.4 Å². The van der Waals surface area contributed by atoms with E-state index in [1.807, 2.05) is 12.1 Å². The van der Waals surface area contributed by atoms with Crippen molar-refractivity contribution in [3.8, 4) is 22.4 Å². The van der Waals surface area contributed by atoms with Crippen LogP contribution in [0.3, 0.4) is 0 Å². The molecule has 5 rings (SSSR count). The molecule has 0 spiro atoms. The summed E-state index contributed by atoms with van der Waals surface area (Å²) in [7, 11) is 0. The molecule has 1 aromatic heterocycles. The second-order valence-corrected chi connectivity index (χ2v) is 9.25. The van der Waals surface area contributed by atoms with Crippen LogP contribution in [0.1, 0.15) is 10.6 Å². The van der Waals surface area contributed by atoms with Crippen LogP contribution in [-0.4, -0.2) is 45.6 Å². The van der Waals surface area contributed by atoms with Gasteiger partial charge in [0.05, 0.1) is 10.7 Å². The summed E-state index contributed by atoms with van der Waals surface area (Å²) in [6, 6.07) is 12.5. The highest BCUT2D eigenvalue weighted by Gasteiger charge is 2.56. The maximum atomic E-state index is 13.1. The second kappa shape index (κ2) is 8.06. The van der Waals surface area contributed by atoms with Crippen molar-refractivity contribution in [3.05, 3.63) is 69.6 Å². The molecular weight excluding hydrogens is 457 g/mol. The van der Waals surface area contributed by atoms with Gasteiger partial charge in [-0.3, -0.25) is 4.79 Å². The fraction of sp³-hybridized carbons (Fsp3) is 0.261. The van der Waals surface area contributed by atoms with Crippen LogP contribution in [0.2, 0.25) is 15.1 Å². The van der Waals surface area contributed by atoms with Crippen molar-refractivity contribution < 1.29 is 9.90 Å². The lowest BCUT2D eigenvalue weighted by molar-refractivity contribution is 0.0748. The highest BCUT2D eigenvalue weighted by atomic mass is 35.5. The third-order valence-corrected chi connectivity index (χ3v) is 6.99. The van der Waals surface area contributed by atoms with Crippen molar-refractivity contribution in [2.24, 2.45) is 17.8 Å². The van der Waals surface area contributed by atoms with E-state index in [1.165, 1.54) is 0 Å². The molecule has 1 saturated heterocycles. The van der Waals surface area contributed by atoms with E-state index in [-0.39, 0.29) is 18.3 Å². The van der Waals surface area contributed by atoms with E-state index in [0.29, 0.717) is 57.2 Å². The van der Waals surface area contributed by atoms with Crippen LogP contribution in [0, 0.1) is 17.8 Å². The number of hydrogen-bond acceptors (Lipinski definition) is 4. The zero-order chi connectivity index (χ0) is 21.7. The molecule has 0 bridgehead atoms. The standard InChI is InChI=1S/C23H18Cl3N3O2/c24-13-3-1-12(2-4-13)16-8-27-22(23(31)29-9-17-18(10-29)19(17)11-30)28-21(16)15-6-5-14(25)7-20(15)26/h1-8,17-19,30H,9-11H2. The fourth-order valence-electron chi connectivity index (χ4n) is 4.44. The van der Waals surface area contributed by atoms with Gasteiger partial charge >= 0.3 is 0 Å². The molecule has 1 saturated carbocycles. The van der Waals surface area contributed by atoms with Crippen molar-refractivity contribution in [1.29, 1.82) is 0 Å². The van der Waals surface area contributed by atoms with Gasteiger partial charge in [0, 0.05) is 47.1 Å². The average molecular weight is 475 g/mol. The van der Waals surface area contributed by atoms with E-state index < -0.39 is 0 Å². The summed E-state index contributed by atoms with van der Waals surface area (Å²) in [5, 5.41) is 10.9. The normalized spacial score (nSPS) is 21.8. The first kappa shape index (κ1) is 20.7. The second-order valence-electron chi connectivity index (χ2n) is 7.97. The minimum atomic E-state index is -0.210. The molecule has 5 nitrogen and oxygen atoms in total. The first-order valence-corrected chi connectivity index (χ1v) is 11.1. The molecule has 2 aromatic carbocycles. The average Bonchev–Trinajstić information content (AvgIpc) is 3.24. The lowest BCUT2D eigenvalue weighted by Gasteiger charge is -2.19. The highest BCUT2D eigenvalue weighted by Crippen LogP contribution is 2.51. The Kier molecular flexibility index (Phi) is 5.39. The zero-order valence-electron chi connectivity index (χ0n) is 16.3. The minimum Gasteiger partial charge on any atom is -0.396 e. The van der Waals surface area contributed by atoms with E-state index in [2.05, 4.69) is 9.97 Å². The summed E-state index contributed by atoms with van der Waals surface area (Å²) < 4.78 is 0. The molecule has 3 aromatic rings. The van der Waals surface area contributed by atoms with E-state index in [1.54, 1.807) is 41.4 Å². The van der Waals surface area contributed by atoms with Gasteiger partial charge in [0.15, 0.2) is 0 Å². The maximum absolute atomic E-state index is 13.1. The van der Waals surface area contributed by atoms with Gasteiger partial charge < -0.3 is 10.0 Å². The number of nitrogens with zero attached hydrogens (tertiary/aromatic N) is 3. The monoisotopic (exact) mass is 473 g/mol. The van der Waals surface area contributed by atoms with Crippen LogP contribution in [-0.2, 0) is 0 Å². The Hall–Kier alpha value is -2.18. The molecule has 0 radical (unpaired) electrons. The summed E-state index contributed by atoms with van der Waals surface area (Å²) >= 11 is 18.6. The number of piperidine rings is 1. The highest BCUT2D eigenvalue weighted by molar-refractivity contribution is 6.36. The first-order chi connectivity index (χ1) is 15.0. The Morgan fingerprint density at radius 1 is 1.00 bits per heavy atom. The number of aliphatic hydroxyl groups excluding tert-OH is 1. The summed E-state index contributed by atoms with van der Waals surface area (Å²) in [4.78, 5) is 23.9. The number of aromatic nitrogens is 2. The van der Waals surface area contributed by atoms with E-state index >= 15 is 0 Å². The van der Waals surface area contributed by atoms with Crippen LogP contribution in [0.5, 0.6) is 0 Å². The van der Waals surface area contributed by atoms with E-state index in [9.17, 15) is 9.90 Å². The number of amides is 1. The lowest BCUT2D eigenvalue weighted by Crippen LogP contribution is -2.33. The molecule has 2 aliphatic rings. The maximum Gasteiger partial charge on any atom is 0.291 e. The predicted octanol–water partition coefficient (Wildman–Crippen LogP) is 5.08.